The largest absolute Gasteiger partial charge is 0.454 e. The number of nitrogens with zero attached hydrogens (tertiary/aromatic N) is 3. The average Bonchev–Trinajstić information content (AvgIpc) is 3.27. The van der Waals surface area contributed by atoms with Crippen LogP contribution in [-0.4, -0.2) is 46.6 Å². The molecule has 2 aliphatic rings. The predicted molar refractivity (Wildman–Crippen MR) is 96.1 cm³/mol. The number of hydrogen-bond donors (Lipinski definition) is 0. The number of carbonyl (C=O) groups is 1. The second kappa shape index (κ2) is 7.19. The van der Waals surface area contributed by atoms with Crippen LogP contribution in [0.1, 0.15) is 20.3 Å². The fraction of sp³-hybridized carbons (Fsp3) is 0.500. The van der Waals surface area contributed by atoms with Crippen LogP contribution in [0.15, 0.2) is 27.8 Å². The van der Waals surface area contributed by atoms with E-state index in [1.807, 2.05) is 23.1 Å². The van der Waals surface area contributed by atoms with Gasteiger partial charge in [0.1, 0.15) is 0 Å². The van der Waals surface area contributed by atoms with Crippen molar-refractivity contribution < 1.29 is 18.7 Å². The number of likely N-dealkylation sites (tertiary alicyclic amines) is 1. The van der Waals surface area contributed by atoms with Crippen LogP contribution in [0.4, 0.5) is 0 Å². The van der Waals surface area contributed by atoms with E-state index in [2.05, 4.69) is 24.0 Å². The Morgan fingerprint density at radius 3 is 2.77 bits per heavy atom. The Hall–Kier alpha value is -2.22. The lowest BCUT2D eigenvalue weighted by atomic mass is 9.92. The van der Waals surface area contributed by atoms with E-state index in [9.17, 15) is 4.79 Å². The molecule has 1 aromatic carbocycles. The third-order valence-electron chi connectivity index (χ3n) is 4.57. The van der Waals surface area contributed by atoms with Gasteiger partial charge in [-0.1, -0.05) is 25.6 Å². The molecule has 2 aliphatic heterocycles. The predicted octanol–water partition coefficient (Wildman–Crippen LogP) is 3.06. The number of hydrogen-bond acceptors (Lipinski definition) is 7. The summed E-state index contributed by atoms with van der Waals surface area (Å²) in [5.41, 5.74) is 0.763. The molecule has 1 amide bonds. The summed E-state index contributed by atoms with van der Waals surface area (Å²) < 4.78 is 16.3. The first kappa shape index (κ1) is 17.2. The maximum Gasteiger partial charge on any atom is 0.277 e. The zero-order valence-corrected chi connectivity index (χ0v) is 15.6. The van der Waals surface area contributed by atoms with Crippen LogP contribution in [0.2, 0.25) is 0 Å². The third kappa shape index (κ3) is 3.65. The standard InChI is InChI=1S/C18H21N3O4S/c1-11-5-12(2)8-21(7-11)16(22)9-26-18-20-19-17(25-18)13-3-4-14-15(6-13)24-10-23-14/h3-4,6,11-12H,5,7-10H2,1-2H3/t11-,12-/m0/s1. The summed E-state index contributed by atoms with van der Waals surface area (Å²) >= 11 is 1.28. The van der Waals surface area contributed by atoms with Gasteiger partial charge in [0.25, 0.3) is 5.22 Å². The third-order valence-corrected chi connectivity index (χ3v) is 5.37. The van der Waals surface area contributed by atoms with Gasteiger partial charge in [-0.05, 0) is 36.5 Å². The Labute approximate surface area is 156 Å². The van der Waals surface area contributed by atoms with Crippen molar-refractivity contribution in [1.82, 2.24) is 15.1 Å². The first-order valence-corrected chi connectivity index (χ1v) is 9.71. The Kier molecular flexibility index (Phi) is 4.76. The Bertz CT molecular complexity index is 799. The second-order valence-corrected chi connectivity index (χ2v) is 7.90. The number of rotatable bonds is 4. The highest BCUT2D eigenvalue weighted by Crippen LogP contribution is 2.36. The van der Waals surface area contributed by atoms with Gasteiger partial charge >= 0.3 is 0 Å². The minimum atomic E-state index is 0.122. The highest BCUT2D eigenvalue weighted by atomic mass is 32.2. The molecule has 138 valence electrons. The number of ether oxygens (including phenoxy) is 2. The maximum absolute atomic E-state index is 12.5. The molecule has 0 saturated carbocycles. The highest BCUT2D eigenvalue weighted by molar-refractivity contribution is 7.99. The second-order valence-electron chi connectivity index (χ2n) is 6.97. The number of piperidine rings is 1. The van der Waals surface area contributed by atoms with Crippen molar-refractivity contribution in [3.63, 3.8) is 0 Å². The van der Waals surface area contributed by atoms with E-state index in [1.165, 1.54) is 18.2 Å². The van der Waals surface area contributed by atoms with Gasteiger partial charge in [-0.15, -0.1) is 10.2 Å². The molecule has 4 rings (SSSR count). The van der Waals surface area contributed by atoms with Crippen molar-refractivity contribution in [3.8, 4) is 23.0 Å². The fourth-order valence-electron chi connectivity index (χ4n) is 3.50. The molecule has 0 unspecified atom stereocenters. The molecule has 8 heteroatoms. The van der Waals surface area contributed by atoms with E-state index in [1.54, 1.807) is 0 Å². The molecule has 0 radical (unpaired) electrons. The summed E-state index contributed by atoms with van der Waals surface area (Å²) in [5.74, 6) is 3.30. The van der Waals surface area contributed by atoms with Crippen LogP contribution in [0.25, 0.3) is 11.5 Å². The Balaban J connectivity index is 1.37. The molecular formula is C18H21N3O4S. The summed E-state index contributed by atoms with van der Waals surface area (Å²) in [6.07, 6.45) is 1.18. The number of carbonyl (C=O) groups excluding carboxylic acids is 1. The first-order chi connectivity index (χ1) is 12.6. The molecule has 1 aromatic heterocycles. The zero-order chi connectivity index (χ0) is 18.1. The molecule has 7 nitrogen and oxygen atoms in total. The topological polar surface area (TPSA) is 77.7 Å². The van der Waals surface area contributed by atoms with E-state index in [4.69, 9.17) is 13.9 Å². The molecule has 2 atom stereocenters. The number of fused-ring (bicyclic) bond motifs is 1. The molecular weight excluding hydrogens is 354 g/mol. The van der Waals surface area contributed by atoms with Crippen LogP contribution in [0.5, 0.6) is 11.5 Å². The molecule has 0 N–H and O–H groups in total. The van der Waals surface area contributed by atoms with Gasteiger partial charge in [-0.3, -0.25) is 4.79 Å². The highest BCUT2D eigenvalue weighted by Gasteiger charge is 2.25. The van der Waals surface area contributed by atoms with Gasteiger partial charge in [0.05, 0.1) is 5.75 Å². The molecule has 0 aliphatic carbocycles. The van der Waals surface area contributed by atoms with Crippen molar-refractivity contribution in [2.75, 3.05) is 25.6 Å². The van der Waals surface area contributed by atoms with Gasteiger partial charge in [0.2, 0.25) is 18.6 Å². The Morgan fingerprint density at radius 1 is 1.19 bits per heavy atom. The van der Waals surface area contributed by atoms with E-state index >= 15 is 0 Å². The zero-order valence-electron chi connectivity index (χ0n) is 14.8. The summed E-state index contributed by atoms with van der Waals surface area (Å²) in [6.45, 7) is 6.27. The summed E-state index contributed by atoms with van der Waals surface area (Å²) in [5, 5.41) is 8.50. The van der Waals surface area contributed by atoms with Gasteiger partial charge in [-0.25, -0.2) is 0 Å². The van der Waals surface area contributed by atoms with Crippen LogP contribution in [0.3, 0.4) is 0 Å². The lowest BCUT2D eigenvalue weighted by molar-refractivity contribution is -0.130. The van der Waals surface area contributed by atoms with Crippen LogP contribution in [0, 0.1) is 11.8 Å². The minimum Gasteiger partial charge on any atom is -0.454 e. The SMILES string of the molecule is C[C@H]1C[C@H](C)CN(C(=O)CSc2nnc(-c3ccc4c(c3)OCO4)o2)C1. The first-order valence-electron chi connectivity index (χ1n) is 8.72. The van der Waals surface area contributed by atoms with Gasteiger partial charge < -0.3 is 18.8 Å². The quantitative estimate of drug-likeness (QED) is 0.760. The van der Waals surface area contributed by atoms with E-state index in [-0.39, 0.29) is 12.7 Å². The lowest BCUT2D eigenvalue weighted by Crippen LogP contribution is -2.43. The maximum atomic E-state index is 12.5. The van der Waals surface area contributed by atoms with Crippen molar-refractivity contribution in [3.05, 3.63) is 18.2 Å². The minimum absolute atomic E-state index is 0.122. The van der Waals surface area contributed by atoms with Crippen LogP contribution < -0.4 is 9.47 Å². The fourth-order valence-corrected chi connectivity index (χ4v) is 4.16. The van der Waals surface area contributed by atoms with Crippen LogP contribution >= 0.6 is 11.8 Å². The van der Waals surface area contributed by atoms with Crippen molar-refractivity contribution in [2.24, 2.45) is 11.8 Å². The molecule has 2 aromatic rings. The Morgan fingerprint density at radius 2 is 1.96 bits per heavy atom. The molecule has 1 fully saturated rings. The van der Waals surface area contributed by atoms with Gasteiger partial charge in [0, 0.05) is 18.7 Å². The number of thioether (sulfide) groups is 1. The van der Waals surface area contributed by atoms with E-state index < -0.39 is 0 Å². The number of aromatic nitrogens is 2. The number of amides is 1. The molecule has 0 spiro atoms. The van der Waals surface area contributed by atoms with E-state index in [0.29, 0.717) is 40.2 Å². The van der Waals surface area contributed by atoms with Crippen LogP contribution in [-0.2, 0) is 4.79 Å². The summed E-state index contributed by atoms with van der Waals surface area (Å²) in [6, 6.07) is 5.47. The van der Waals surface area contributed by atoms with Crippen molar-refractivity contribution in [1.29, 1.82) is 0 Å². The molecule has 1 saturated heterocycles. The summed E-state index contributed by atoms with van der Waals surface area (Å²) in [7, 11) is 0. The molecule has 3 heterocycles. The molecule has 0 bridgehead atoms. The average molecular weight is 375 g/mol. The lowest BCUT2D eigenvalue weighted by Gasteiger charge is -2.34. The van der Waals surface area contributed by atoms with Gasteiger partial charge in [0.15, 0.2) is 11.5 Å². The monoisotopic (exact) mass is 375 g/mol. The molecule has 26 heavy (non-hydrogen) atoms. The summed E-state index contributed by atoms with van der Waals surface area (Å²) in [4.78, 5) is 14.4. The smallest absolute Gasteiger partial charge is 0.277 e. The van der Waals surface area contributed by atoms with Crippen molar-refractivity contribution in [2.45, 2.75) is 25.5 Å². The normalized spacial score (nSPS) is 21.8. The van der Waals surface area contributed by atoms with E-state index in [0.717, 1.165) is 18.7 Å². The van der Waals surface area contributed by atoms with Gasteiger partial charge in [-0.2, -0.15) is 0 Å². The van der Waals surface area contributed by atoms with Crippen molar-refractivity contribution >= 4 is 17.7 Å². The number of benzene rings is 1.